The maximum absolute atomic E-state index is 13.3. The first-order valence-electron chi connectivity index (χ1n) is 9.71. The highest BCUT2D eigenvalue weighted by Gasteiger charge is 2.32. The van der Waals surface area contributed by atoms with Crippen molar-refractivity contribution in [1.82, 2.24) is 19.4 Å². The first-order valence-corrected chi connectivity index (χ1v) is 9.71. The minimum atomic E-state index is -0.0254. The van der Waals surface area contributed by atoms with Crippen LogP contribution in [0.1, 0.15) is 40.7 Å². The summed E-state index contributed by atoms with van der Waals surface area (Å²) in [6, 6.07) is 8.07. The molecule has 140 valence electrons. The molecule has 1 saturated heterocycles. The lowest BCUT2D eigenvalue weighted by Gasteiger charge is -2.36. The molecule has 0 radical (unpaired) electrons. The number of carbonyl (C=O) groups excluding carboxylic acids is 1. The van der Waals surface area contributed by atoms with Crippen LogP contribution in [0.3, 0.4) is 0 Å². The number of rotatable bonds is 3. The van der Waals surface area contributed by atoms with E-state index in [-0.39, 0.29) is 11.9 Å². The number of likely N-dealkylation sites (tertiary alicyclic amines) is 1. The number of para-hydroxylation sites is 1. The van der Waals surface area contributed by atoms with E-state index < -0.39 is 0 Å². The Morgan fingerprint density at radius 3 is 2.89 bits per heavy atom. The first-order chi connectivity index (χ1) is 13.2. The molecule has 3 aromatic rings. The monoisotopic (exact) mass is 364 g/mol. The van der Waals surface area contributed by atoms with E-state index in [1.165, 1.54) is 12.8 Å². The Labute approximate surface area is 158 Å². The second-order valence-corrected chi connectivity index (χ2v) is 7.69. The van der Waals surface area contributed by atoms with Crippen molar-refractivity contribution in [2.45, 2.75) is 32.4 Å². The molecule has 0 spiro atoms. The number of aromatic nitrogens is 2. The smallest absolute Gasteiger partial charge is 0.290 e. The summed E-state index contributed by atoms with van der Waals surface area (Å²) in [5, 5.41) is 1.01. The summed E-state index contributed by atoms with van der Waals surface area (Å²) in [6.45, 7) is 6.50. The van der Waals surface area contributed by atoms with Gasteiger partial charge in [0.25, 0.3) is 5.91 Å². The summed E-state index contributed by atoms with van der Waals surface area (Å²) >= 11 is 0. The van der Waals surface area contributed by atoms with E-state index in [0.717, 1.165) is 41.9 Å². The van der Waals surface area contributed by atoms with Crippen molar-refractivity contribution < 1.29 is 9.21 Å². The fraction of sp³-hybridized carbons (Fsp3) is 0.429. The molecule has 2 aliphatic rings. The fourth-order valence-electron chi connectivity index (χ4n) is 4.47. The molecule has 2 aliphatic heterocycles. The van der Waals surface area contributed by atoms with Crippen molar-refractivity contribution in [1.29, 1.82) is 0 Å². The van der Waals surface area contributed by atoms with E-state index in [4.69, 9.17) is 4.42 Å². The van der Waals surface area contributed by atoms with Gasteiger partial charge in [0.15, 0.2) is 5.76 Å². The Kier molecular flexibility index (Phi) is 4.01. The Morgan fingerprint density at radius 2 is 2.07 bits per heavy atom. The molecule has 0 saturated carbocycles. The molecule has 0 bridgehead atoms. The summed E-state index contributed by atoms with van der Waals surface area (Å²) in [5.74, 6) is 0.437. The van der Waals surface area contributed by atoms with Crippen molar-refractivity contribution in [3.63, 3.8) is 0 Å². The number of furan rings is 1. The van der Waals surface area contributed by atoms with Crippen LogP contribution in [0.2, 0.25) is 0 Å². The minimum Gasteiger partial charge on any atom is -0.451 e. The van der Waals surface area contributed by atoms with Crippen molar-refractivity contribution in [2.75, 3.05) is 26.2 Å². The normalized spacial score (nSPS) is 20.3. The molecule has 1 aromatic carbocycles. The van der Waals surface area contributed by atoms with Crippen LogP contribution in [0.5, 0.6) is 0 Å². The van der Waals surface area contributed by atoms with Gasteiger partial charge in [0.2, 0.25) is 0 Å². The maximum atomic E-state index is 13.3. The van der Waals surface area contributed by atoms with Gasteiger partial charge in [-0.2, -0.15) is 0 Å². The lowest BCUT2D eigenvalue weighted by Crippen LogP contribution is -2.44. The molecule has 0 unspecified atom stereocenters. The second-order valence-electron chi connectivity index (χ2n) is 7.69. The number of benzene rings is 1. The number of fused-ring (bicyclic) bond motifs is 2. The van der Waals surface area contributed by atoms with Crippen LogP contribution in [0.25, 0.3) is 11.0 Å². The van der Waals surface area contributed by atoms with Gasteiger partial charge in [0.1, 0.15) is 5.58 Å². The third-order valence-electron chi connectivity index (χ3n) is 5.92. The van der Waals surface area contributed by atoms with Gasteiger partial charge >= 0.3 is 0 Å². The lowest BCUT2D eigenvalue weighted by molar-refractivity contribution is 0.0628. The van der Waals surface area contributed by atoms with Crippen molar-refractivity contribution in [2.24, 2.45) is 0 Å². The minimum absolute atomic E-state index is 0.0254. The maximum Gasteiger partial charge on any atom is 0.290 e. The van der Waals surface area contributed by atoms with E-state index in [1.54, 1.807) is 0 Å². The summed E-state index contributed by atoms with van der Waals surface area (Å²) in [6.07, 6.45) is 6.32. The quantitative estimate of drug-likeness (QED) is 0.716. The zero-order valence-electron chi connectivity index (χ0n) is 15.6. The molecule has 1 fully saturated rings. The molecule has 0 aliphatic carbocycles. The molecular formula is C21H24N4O2. The average molecular weight is 364 g/mol. The highest BCUT2D eigenvalue weighted by Crippen LogP contribution is 2.29. The van der Waals surface area contributed by atoms with Gasteiger partial charge in [-0.3, -0.25) is 4.79 Å². The third-order valence-corrected chi connectivity index (χ3v) is 5.92. The zero-order chi connectivity index (χ0) is 18.4. The summed E-state index contributed by atoms with van der Waals surface area (Å²) < 4.78 is 8.17. The predicted molar refractivity (Wildman–Crippen MR) is 103 cm³/mol. The zero-order valence-corrected chi connectivity index (χ0v) is 15.6. The Bertz CT molecular complexity index is 983. The number of amides is 1. The van der Waals surface area contributed by atoms with Gasteiger partial charge in [0, 0.05) is 30.2 Å². The van der Waals surface area contributed by atoms with Gasteiger partial charge in [-0.15, -0.1) is 0 Å². The van der Waals surface area contributed by atoms with Crippen LogP contribution in [-0.4, -0.2) is 51.4 Å². The fourth-order valence-corrected chi connectivity index (χ4v) is 4.47. The SMILES string of the molecule is Cc1c(C(=O)N2Cc3cncn3[C@H](CN3CCCC3)C2)oc2ccccc12. The van der Waals surface area contributed by atoms with Gasteiger partial charge in [-0.25, -0.2) is 4.98 Å². The molecule has 6 heteroatoms. The standard InChI is InChI=1S/C21H24N4O2/c1-15-18-6-2-3-7-19(18)27-20(15)21(26)24-12-16-10-22-14-25(16)17(13-24)11-23-8-4-5-9-23/h2-3,6-7,10,14,17H,4-5,8-9,11-13H2,1H3/t17-/m1/s1. The predicted octanol–water partition coefficient (Wildman–Crippen LogP) is 3.23. The molecule has 0 N–H and O–H groups in total. The molecule has 2 aromatic heterocycles. The first kappa shape index (κ1) is 16.6. The molecule has 4 heterocycles. The van der Waals surface area contributed by atoms with E-state index in [0.29, 0.717) is 18.8 Å². The number of carbonyl (C=O) groups is 1. The van der Waals surface area contributed by atoms with E-state index in [2.05, 4.69) is 14.5 Å². The lowest BCUT2D eigenvalue weighted by atomic mass is 10.1. The van der Waals surface area contributed by atoms with Gasteiger partial charge in [-0.1, -0.05) is 18.2 Å². The molecule has 27 heavy (non-hydrogen) atoms. The van der Waals surface area contributed by atoms with Crippen LogP contribution >= 0.6 is 0 Å². The van der Waals surface area contributed by atoms with Crippen LogP contribution in [0.15, 0.2) is 41.2 Å². The van der Waals surface area contributed by atoms with E-state index >= 15 is 0 Å². The summed E-state index contributed by atoms with van der Waals surface area (Å²) in [7, 11) is 0. The van der Waals surface area contributed by atoms with Crippen LogP contribution in [0, 0.1) is 6.92 Å². The largest absolute Gasteiger partial charge is 0.451 e. The number of aryl methyl sites for hydroxylation is 1. The molecule has 1 atom stereocenters. The average Bonchev–Trinajstić information content (AvgIpc) is 3.42. The van der Waals surface area contributed by atoms with Crippen LogP contribution in [0.4, 0.5) is 0 Å². The van der Waals surface area contributed by atoms with Crippen LogP contribution < -0.4 is 0 Å². The Morgan fingerprint density at radius 1 is 1.26 bits per heavy atom. The third kappa shape index (κ3) is 2.84. The van der Waals surface area contributed by atoms with Gasteiger partial charge < -0.3 is 18.8 Å². The molecule has 5 rings (SSSR count). The molecule has 6 nitrogen and oxygen atoms in total. The number of hydrogen-bond acceptors (Lipinski definition) is 4. The Balaban J connectivity index is 1.44. The number of imidazole rings is 1. The Hall–Kier alpha value is -2.60. The summed E-state index contributed by atoms with van der Waals surface area (Å²) in [5.41, 5.74) is 2.78. The number of hydrogen-bond donors (Lipinski definition) is 0. The van der Waals surface area contributed by atoms with E-state index in [1.807, 2.05) is 48.6 Å². The van der Waals surface area contributed by atoms with Crippen molar-refractivity contribution >= 4 is 16.9 Å². The highest BCUT2D eigenvalue weighted by atomic mass is 16.3. The van der Waals surface area contributed by atoms with Crippen molar-refractivity contribution in [3.05, 3.63) is 53.8 Å². The topological polar surface area (TPSA) is 54.5 Å². The van der Waals surface area contributed by atoms with Crippen LogP contribution in [-0.2, 0) is 6.54 Å². The van der Waals surface area contributed by atoms with Gasteiger partial charge in [-0.05, 0) is 38.9 Å². The summed E-state index contributed by atoms with van der Waals surface area (Å²) in [4.78, 5) is 22.0. The van der Waals surface area contributed by atoms with E-state index in [9.17, 15) is 4.79 Å². The van der Waals surface area contributed by atoms with Gasteiger partial charge in [0.05, 0.1) is 24.6 Å². The molecular weight excluding hydrogens is 340 g/mol. The second kappa shape index (κ2) is 6.53. The molecule has 1 amide bonds. The number of nitrogens with zero attached hydrogens (tertiary/aromatic N) is 4. The van der Waals surface area contributed by atoms with Crippen molar-refractivity contribution in [3.8, 4) is 0 Å². The highest BCUT2D eigenvalue weighted by molar-refractivity contribution is 5.98.